The van der Waals surface area contributed by atoms with Crippen LogP contribution in [0.3, 0.4) is 0 Å². The number of likely N-dealkylation sites (tertiary alicyclic amines) is 1. The molecule has 9 nitrogen and oxygen atoms in total. The van der Waals surface area contributed by atoms with E-state index in [1.54, 1.807) is 11.0 Å². The molecule has 1 rings (SSSR count). The number of carbonyl (C=O) groups excluding carboxylic acids is 2. The highest BCUT2D eigenvalue weighted by Gasteiger charge is 2.37. The van der Waals surface area contributed by atoms with Gasteiger partial charge in [-0.3, -0.25) is 9.59 Å². The number of hydrogen-bond donors (Lipinski definition) is 5. The van der Waals surface area contributed by atoms with E-state index in [0.717, 1.165) is 12.8 Å². The van der Waals surface area contributed by atoms with Crippen LogP contribution in [0.4, 0.5) is 0 Å². The zero-order chi connectivity index (χ0) is 22.9. The summed E-state index contributed by atoms with van der Waals surface area (Å²) in [5.41, 5.74) is 5.31. The minimum absolute atomic E-state index is 0.188. The van der Waals surface area contributed by atoms with Crippen LogP contribution < -0.4 is 11.1 Å². The van der Waals surface area contributed by atoms with Crippen molar-refractivity contribution in [3.63, 3.8) is 0 Å². The number of amides is 2. The van der Waals surface area contributed by atoms with E-state index >= 15 is 0 Å². The lowest BCUT2D eigenvalue weighted by atomic mass is 9.94. The number of rotatable bonds is 10. The topological polar surface area (TPSA) is 145 Å². The lowest BCUT2D eigenvalue weighted by Crippen LogP contribution is -2.55. The monoisotopic (exact) mass is 429 g/mol. The Morgan fingerprint density at radius 2 is 1.97 bits per heavy atom. The number of ether oxygens (including phenoxy) is 1. The number of nitrogens with two attached hydrogens (primary N) is 1. The molecule has 0 spiro atoms. The summed E-state index contributed by atoms with van der Waals surface area (Å²) in [4.78, 5) is 27.2. The van der Waals surface area contributed by atoms with E-state index in [1.165, 1.54) is 13.2 Å². The Morgan fingerprint density at radius 3 is 2.53 bits per heavy atom. The van der Waals surface area contributed by atoms with Crippen molar-refractivity contribution in [2.45, 2.75) is 76.9 Å². The fourth-order valence-corrected chi connectivity index (χ4v) is 3.28. The molecule has 5 atom stereocenters. The van der Waals surface area contributed by atoms with Crippen molar-refractivity contribution in [2.24, 2.45) is 11.1 Å². The molecule has 1 aliphatic heterocycles. The summed E-state index contributed by atoms with van der Waals surface area (Å²) >= 11 is 0. The summed E-state index contributed by atoms with van der Waals surface area (Å²) in [5.74, 6) is -0.901. The van der Waals surface area contributed by atoms with Crippen LogP contribution in [-0.2, 0) is 14.3 Å². The van der Waals surface area contributed by atoms with E-state index < -0.39 is 36.4 Å². The first kappa shape index (κ1) is 26.5. The molecular weight excluding hydrogens is 390 g/mol. The van der Waals surface area contributed by atoms with Crippen molar-refractivity contribution >= 4 is 11.8 Å². The maximum absolute atomic E-state index is 12.8. The van der Waals surface area contributed by atoms with Gasteiger partial charge < -0.3 is 36.0 Å². The van der Waals surface area contributed by atoms with E-state index in [9.17, 15) is 24.9 Å². The van der Waals surface area contributed by atoms with Gasteiger partial charge in [-0.1, -0.05) is 32.9 Å². The quantitative estimate of drug-likeness (QED) is 0.295. The SMILES string of the molecule is CO[C@@H](C(=O)NC1CCCCN(CCCN)C1=O)[C@H](O)[C@@H](O)[C@H](O)C=CC(C)(C)C. The first-order valence-corrected chi connectivity index (χ1v) is 10.6. The van der Waals surface area contributed by atoms with Crippen LogP contribution in [0.1, 0.15) is 46.5 Å². The van der Waals surface area contributed by atoms with Crippen molar-refractivity contribution in [1.29, 1.82) is 0 Å². The number of carbonyl (C=O) groups is 2. The molecule has 0 aromatic heterocycles. The van der Waals surface area contributed by atoms with E-state index in [0.29, 0.717) is 32.5 Å². The Kier molecular flexibility index (Phi) is 10.9. The predicted molar refractivity (Wildman–Crippen MR) is 113 cm³/mol. The number of allylic oxidation sites excluding steroid dienone is 1. The second kappa shape index (κ2) is 12.4. The molecule has 2 amide bonds. The largest absolute Gasteiger partial charge is 0.387 e. The Bertz CT molecular complexity index is 578. The molecule has 0 radical (unpaired) electrons. The minimum atomic E-state index is -1.68. The zero-order valence-corrected chi connectivity index (χ0v) is 18.6. The Labute approximate surface area is 179 Å². The smallest absolute Gasteiger partial charge is 0.252 e. The van der Waals surface area contributed by atoms with Gasteiger partial charge in [0.15, 0.2) is 6.10 Å². The molecule has 174 valence electrons. The molecule has 30 heavy (non-hydrogen) atoms. The van der Waals surface area contributed by atoms with Crippen LogP contribution in [0.2, 0.25) is 0 Å². The van der Waals surface area contributed by atoms with Crippen molar-refractivity contribution in [3.05, 3.63) is 12.2 Å². The molecule has 9 heteroatoms. The molecule has 0 aromatic carbocycles. The van der Waals surface area contributed by atoms with Crippen molar-refractivity contribution in [2.75, 3.05) is 26.7 Å². The molecule has 0 saturated carbocycles. The van der Waals surface area contributed by atoms with Crippen molar-refractivity contribution in [3.8, 4) is 0 Å². The fraction of sp³-hybridized carbons (Fsp3) is 0.810. The first-order valence-electron chi connectivity index (χ1n) is 10.6. The standard InChI is InChI=1S/C21H39N3O6/c1-21(2,3)10-9-15(25)16(26)17(27)18(30-4)19(28)23-14-8-5-6-12-24(20(14)29)13-7-11-22/h9-10,14-18,25-27H,5-8,11-13,22H2,1-4H3,(H,23,28)/t14?,15-,16+,17-,18-/m1/s1. The number of methoxy groups -OCH3 is 1. The predicted octanol–water partition coefficient (Wildman–Crippen LogP) is -0.467. The highest BCUT2D eigenvalue weighted by atomic mass is 16.5. The summed E-state index contributed by atoms with van der Waals surface area (Å²) in [6.07, 6.45) is -0.276. The normalized spacial score (nSPS) is 22.5. The number of hydrogen-bond acceptors (Lipinski definition) is 7. The molecular formula is C21H39N3O6. The molecule has 1 heterocycles. The van der Waals surface area contributed by atoms with Crippen LogP contribution in [0, 0.1) is 5.41 Å². The van der Waals surface area contributed by atoms with Gasteiger partial charge in [-0.05, 0) is 37.6 Å². The third kappa shape index (κ3) is 8.31. The second-order valence-corrected chi connectivity index (χ2v) is 8.88. The van der Waals surface area contributed by atoms with Crippen molar-refractivity contribution in [1.82, 2.24) is 10.2 Å². The van der Waals surface area contributed by atoms with Gasteiger partial charge in [-0.2, -0.15) is 0 Å². The average Bonchev–Trinajstić information content (AvgIpc) is 2.85. The van der Waals surface area contributed by atoms with Gasteiger partial charge in [0.1, 0.15) is 24.4 Å². The number of nitrogens with one attached hydrogen (secondary N) is 1. The van der Waals surface area contributed by atoms with E-state index in [1.807, 2.05) is 20.8 Å². The molecule has 1 aliphatic rings. The van der Waals surface area contributed by atoms with Gasteiger partial charge in [0, 0.05) is 20.2 Å². The third-order valence-corrected chi connectivity index (χ3v) is 5.05. The molecule has 1 unspecified atom stereocenters. The molecule has 0 bridgehead atoms. The highest BCUT2D eigenvalue weighted by Crippen LogP contribution is 2.18. The third-order valence-electron chi connectivity index (χ3n) is 5.05. The maximum Gasteiger partial charge on any atom is 0.252 e. The molecule has 6 N–H and O–H groups in total. The van der Waals surface area contributed by atoms with Crippen LogP contribution in [0.15, 0.2) is 12.2 Å². The average molecular weight is 430 g/mol. The van der Waals surface area contributed by atoms with Crippen LogP contribution in [0.25, 0.3) is 0 Å². The lowest BCUT2D eigenvalue weighted by Gasteiger charge is -2.29. The second-order valence-electron chi connectivity index (χ2n) is 8.88. The zero-order valence-electron chi connectivity index (χ0n) is 18.6. The van der Waals surface area contributed by atoms with Crippen LogP contribution in [0.5, 0.6) is 0 Å². The van der Waals surface area contributed by atoms with Gasteiger partial charge in [-0.15, -0.1) is 0 Å². The summed E-state index contributed by atoms with van der Waals surface area (Å²) in [6, 6.07) is -0.731. The Hall–Kier alpha value is -1.52. The lowest BCUT2D eigenvalue weighted by molar-refractivity contribution is -0.151. The fourth-order valence-electron chi connectivity index (χ4n) is 3.28. The van der Waals surface area contributed by atoms with Crippen LogP contribution >= 0.6 is 0 Å². The van der Waals surface area contributed by atoms with Gasteiger partial charge in [0.05, 0.1) is 0 Å². The van der Waals surface area contributed by atoms with E-state index in [4.69, 9.17) is 10.5 Å². The van der Waals surface area contributed by atoms with E-state index in [2.05, 4.69) is 5.32 Å². The summed E-state index contributed by atoms with van der Waals surface area (Å²) in [5, 5.41) is 33.5. The Balaban J connectivity index is 2.80. The maximum atomic E-state index is 12.8. The molecule has 1 fully saturated rings. The summed E-state index contributed by atoms with van der Waals surface area (Å²) in [7, 11) is 1.22. The molecule has 0 aromatic rings. The van der Waals surface area contributed by atoms with Gasteiger partial charge in [-0.25, -0.2) is 0 Å². The van der Waals surface area contributed by atoms with Gasteiger partial charge in [0.2, 0.25) is 5.91 Å². The number of nitrogens with zero attached hydrogens (tertiary/aromatic N) is 1. The van der Waals surface area contributed by atoms with Crippen molar-refractivity contribution < 1.29 is 29.6 Å². The molecule has 0 aliphatic carbocycles. The summed E-state index contributed by atoms with van der Waals surface area (Å²) in [6.45, 7) is 7.39. The number of aliphatic hydroxyl groups excluding tert-OH is 3. The van der Waals surface area contributed by atoms with Gasteiger partial charge >= 0.3 is 0 Å². The molecule has 1 saturated heterocycles. The van der Waals surface area contributed by atoms with E-state index in [-0.39, 0.29) is 11.3 Å². The van der Waals surface area contributed by atoms with Gasteiger partial charge in [0.25, 0.3) is 5.91 Å². The minimum Gasteiger partial charge on any atom is -0.387 e. The Morgan fingerprint density at radius 1 is 1.30 bits per heavy atom. The highest BCUT2D eigenvalue weighted by molar-refractivity contribution is 5.89. The summed E-state index contributed by atoms with van der Waals surface area (Å²) < 4.78 is 5.09. The van der Waals surface area contributed by atoms with Crippen LogP contribution in [-0.4, -0.2) is 89.2 Å². The number of aliphatic hydroxyl groups is 3. The first-order chi connectivity index (χ1) is 14.0.